The highest BCUT2D eigenvalue weighted by Gasteiger charge is 2.71. The molecule has 226 valence electrons. The van der Waals surface area contributed by atoms with Gasteiger partial charge in [0, 0.05) is 11.3 Å². The minimum absolute atomic E-state index is 0.0164. The van der Waals surface area contributed by atoms with Gasteiger partial charge in [0.15, 0.2) is 0 Å². The van der Waals surface area contributed by atoms with Crippen LogP contribution in [0.1, 0.15) is 41.5 Å². The fourth-order valence-corrected chi connectivity index (χ4v) is 4.81. The van der Waals surface area contributed by atoms with E-state index in [1.807, 2.05) is 0 Å². The van der Waals surface area contributed by atoms with Gasteiger partial charge in [-0.25, -0.2) is 0 Å². The summed E-state index contributed by atoms with van der Waals surface area (Å²) in [6.45, 7) is 1.38. The molecule has 0 aliphatic carbocycles. The maximum atomic E-state index is 13.7. The minimum Gasteiger partial charge on any atom is -0.489 e. The van der Waals surface area contributed by atoms with E-state index in [0.29, 0.717) is 17.7 Å². The second-order valence-corrected chi connectivity index (χ2v) is 9.93. The lowest BCUT2D eigenvalue weighted by molar-refractivity contribution is -0.376. The summed E-state index contributed by atoms with van der Waals surface area (Å²) in [7, 11) is 0. The minimum atomic E-state index is -6.10. The number of alkyl halides is 9. The molecule has 0 saturated heterocycles. The highest BCUT2D eigenvalue weighted by atomic mass is 19.4. The Morgan fingerprint density at radius 3 is 1.98 bits per heavy atom. The van der Waals surface area contributed by atoms with E-state index in [2.05, 4.69) is 0 Å². The third kappa shape index (κ3) is 6.06. The van der Waals surface area contributed by atoms with Gasteiger partial charge in [-0.3, -0.25) is 4.79 Å². The number of carbonyl (C=O) groups excluding carboxylic acids is 1. The van der Waals surface area contributed by atoms with Crippen LogP contribution in [0.15, 0.2) is 72.8 Å². The molecule has 2 unspecified atom stereocenters. The highest BCUT2D eigenvalue weighted by molar-refractivity contribution is 5.98. The van der Waals surface area contributed by atoms with E-state index in [0.717, 1.165) is 30.3 Å². The monoisotopic (exact) mass is 605 g/mol. The highest BCUT2D eigenvalue weighted by Crippen LogP contribution is 2.51. The van der Waals surface area contributed by atoms with Crippen molar-refractivity contribution < 1.29 is 54.2 Å². The van der Waals surface area contributed by atoms with Crippen molar-refractivity contribution in [2.24, 2.45) is 0 Å². The smallest absolute Gasteiger partial charge is 0.430 e. The molecule has 0 saturated carbocycles. The van der Waals surface area contributed by atoms with Crippen molar-refractivity contribution in [3.63, 3.8) is 0 Å². The SMILES string of the molecule is CC(C(=O)N1CC(Oc2ccc(C(F)(F)F)cc2)CCc2cc(C(O)(C(F)(F)F)C(F)(F)F)ccc21)c1ccccc1. The number of fused-ring (bicyclic) bond motifs is 1. The van der Waals surface area contributed by atoms with E-state index in [-0.39, 0.29) is 36.4 Å². The van der Waals surface area contributed by atoms with Crippen LogP contribution in [0.3, 0.4) is 0 Å². The van der Waals surface area contributed by atoms with Crippen molar-refractivity contribution in [2.45, 2.75) is 55.9 Å². The number of benzene rings is 3. The van der Waals surface area contributed by atoms with Gasteiger partial charge in [0.25, 0.3) is 5.60 Å². The van der Waals surface area contributed by atoms with Crippen molar-refractivity contribution in [2.75, 3.05) is 11.4 Å². The zero-order valence-electron chi connectivity index (χ0n) is 21.8. The van der Waals surface area contributed by atoms with E-state index in [4.69, 9.17) is 4.74 Å². The van der Waals surface area contributed by atoms with Gasteiger partial charge in [-0.05, 0) is 61.2 Å². The fourth-order valence-electron chi connectivity index (χ4n) is 4.81. The first-order valence-electron chi connectivity index (χ1n) is 12.6. The van der Waals surface area contributed by atoms with E-state index in [1.54, 1.807) is 37.3 Å². The maximum absolute atomic E-state index is 13.7. The number of amides is 1. The lowest BCUT2D eigenvalue weighted by Gasteiger charge is -2.34. The molecule has 4 rings (SSSR count). The summed E-state index contributed by atoms with van der Waals surface area (Å²) in [5, 5.41) is 9.93. The topological polar surface area (TPSA) is 49.8 Å². The summed E-state index contributed by atoms with van der Waals surface area (Å²) < 4.78 is 126. The Bertz CT molecular complexity index is 1390. The molecule has 1 aliphatic heterocycles. The van der Waals surface area contributed by atoms with Gasteiger partial charge >= 0.3 is 18.5 Å². The van der Waals surface area contributed by atoms with Crippen molar-refractivity contribution >= 4 is 11.6 Å². The van der Waals surface area contributed by atoms with Gasteiger partial charge < -0.3 is 14.7 Å². The first-order chi connectivity index (χ1) is 19.4. The average molecular weight is 605 g/mol. The molecule has 0 fully saturated rings. The van der Waals surface area contributed by atoms with Crippen LogP contribution in [0.25, 0.3) is 0 Å². The van der Waals surface area contributed by atoms with Gasteiger partial charge in [0.1, 0.15) is 11.9 Å². The Morgan fingerprint density at radius 1 is 0.857 bits per heavy atom. The summed E-state index contributed by atoms with van der Waals surface area (Å²) in [6.07, 6.45) is -17.9. The lowest BCUT2D eigenvalue weighted by Crippen LogP contribution is -2.54. The molecule has 42 heavy (non-hydrogen) atoms. The average Bonchev–Trinajstić information content (AvgIpc) is 3.10. The van der Waals surface area contributed by atoms with Crippen molar-refractivity contribution in [3.05, 3.63) is 95.1 Å². The Kier molecular flexibility index (Phi) is 8.29. The van der Waals surface area contributed by atoms with Gasteiger partial charge in [-0.2, -0.15) is 39.5 Å². The standard InChI is InChI=1S/C29H24F9NO3/c1-17(18-5-3-2-4-6-18)25(40)39-16-23(42-22-12-8-20(9-13-22)27(30,31)32)11-7-19-15-21(10-14-24(19)39)26(41,28(33,34)35)29(36,37)38/h2-6,8-10,12-15,17,23,41H,7,11,16H2,1H3. The van der Waals surface area contributed by atoms with Crippen LogP contribution in [0, 0.1) is 0 Å². The second-order valence-electron chi connectivity index (χ2n) is 9.93. The maximum Gasteiger partial charge on any atom is 0.430 e. The predicted molar refractivity (Wildman–Crippen MR) is 134 cm³/mol. The Balaban J connectivity index is 1.74. The van der Waals surface area contributed by atoms with Crippen molar-refractivity contribution in [1.82, 2.24) is 0 Å². The van der Waals surface area contributed by atoms with Crippen LogP contribution in [0.4, 0.5) is 45.2 Å². The number of hydrogen-bond donors (Lipinski definition) is 1. The molecule has 0 bridgehead atoms. The Labute approximate surface area is 234 Å². The quantitative estimate of drug-likeness (QED) is 0.306. The van der Waals surface area contributed by atoms with Crippen LogP contribution < -0.4 is 9.64 Å². The zero-order chi connectivity index (χ0) is 31.1. The first-order valence-corrected chi connectivity index (χ1v) is 12.6. The molecular formula is C29H24F9NO3. The number of anilines is 1. The summed E-state index contributed by atoms with van der Waals surface area (Å²) >= 11 is 0. The molecule has 2 atom stereocenters. The van der Waals surface area contributed by atoms with Gasteiger partial charge in [0.2, 0.25) is 5.91 Å². The summed E-state index contributed by atoms with van der Waals surface area (Å²) in [6, 6.07) is 14.2. The van der Waals surface area contributed by atoms with Crippen LogP contribution >= 0.6 is 0 Å². The molecule has 0 radical (unpaired) electrons. The number of aryl methyl sites for hydroxylation is 1. The number of halogens is 9. The zero-order valence-corrected chi connectivity index (χ0v) is 21.8. The van der Waals surface area contributed by atoms with E-state index >= 15 is 0 Å². The molecule has 3 aromatic rings. The summed E-state index contributed by atoms with van der Waals surface area (Å²) in [5.41, 5.74) is -7.02. The Morgan fingerprint density at radius 2 is 1.43 bits per heavy atom. The lowest BCUT2D eigenvalue weighted by atomic mass is 9.89. The predicted octanol–water partition coefficient (Wildman–Crippen LogP) is 7.55. The van der Waals surface area contributed by atoms with Crippen LogP contribution in [0.2, 0.25) is 0 Å². The van der Waals surface area contributed by atoms with E-state index in [9.17, 15) is 49.4 Å². The number of ether oxygens (including phenoxy) is 1. The molecular weight excluding hydrogens is 581 g/mol. The molecule has 1 heterocycles. The molecule has 0 aromatic heterocycles. The van der Waals surface area contributed by atoms with Crippen LogP contribution in [-0.2, 0) is 23.0 Å². The van der Waals surface area contributed by atoms with E-state index < -0.39 is 53.2 Å². The normalized spacial score (nSPS) is 17.3. The first kappa shape index (κ1) is 31.2. The van der Waals surface area contributed by atoms with Crippen molar-refractivity contribution in [3.8, 4) is 5.75 Å². The van der Waals surface area contributed by atoms with Gasteiger partial charge in [0.05, 0.1) is 18.0 Å². The number of aliphatic hydroxyl groups is 1. The molecule has 13 heteroatoms. The van der Waals surface area contributed by atoms with Crippen molar-refractivity contribution in [1.29, 1.82) is 0 Å². The number of nitrogens with zero attached hydrogens (tertiary/aromatic N) is 1. The van der Waals surface area contributed by atoms with Gasteiger partial charge in [-0.1, -0.05) is 42.5 Å². The van der Waals surface area contributed by atoms with E-state index in [1.165, 1.54) is 4.90 Å². The van der Waals surface area contributed by atoms with Gasteiger partial charge in [-0.15, -0.1) is 0 Å². The number of carbonyl (C=O) groups is 1. The summed E-state index contributed by atoms with van der Waals surface area (Å²) in [5.74, 6) is -1.31. The molecule has 1 aliphatic rings. The molecule has 3 aromatic carbocycles. The largest absolute Gasteiger partial charge is 0.489 e. The molecule has 1 amide bonds. The second kappa shape index (κ2) is 11.2. The molecule has 4 nitrogen and oxygen atoms in total. The molecule has 1 N–H and O–H groups in total. The number of hydrogen-bond acceptors (Lipinski definition) is 3. The summed E-state index contributed by atoms with van der Waals surface area (Å²) in [4.78, 5) is 14.9. The number of rotatable bonds is 5. The molecule has 0 spiro atoms. The third-order valence-corrected chi connectivity index (χ3v) is 7.15. The Hall–Kier alpha value is -3.74. The van der Waals surface area contributed by atoms with Crippen LogP contribution in [-0.4, -0.2) is 36.0 Å². The third-order valence-electron chi connectivity index (χ3n) is 7.15. The fraction of sp³-hybridized carbons (Fsp3) is 0.345. The van der Waals surface area contributed by atoms with Crippen LogP contribution in [0.5, 0.6) is 5.75 Å².